The fraction of sp³-hybridized carbons (Fsp3) is 0.429. The van der Waals surface area contributed by atoms with Gasteiger partial charge in [-0.15, -0.1) is 6.58 Å². The zero-order valence-electron chi connectivity index (χ0n) is 9.99. The summed E-state index contributed by atoms with van der Waals surface area (Å²) in [5.74, 6) is 0. The number of nitrogens with two attached hydrogens (primary N) is 1. The van der Waals surface area contributed by atoms with Crippen LogP contribution in [0.15, 0.2) is 43.0 Å². The normalized spacial score (nSPS) is 14.4. The van der Waals surface area contributed by atoms with E-state index < -0.39 is 0 Å². The van der Waals surface area contributed by atoms with E-state index in [2.05, 4.69) is 25.6 Å². The molecule has 0 aliphatic heterocycles. The van der Waals surface area contributed by atoms with E-state index in [4.69, 9.17) is 10.5 Å². The predicted molar refractivity (Wildman–Crippen MR) is 68.1 cm³/mol. The lowest BCUT2D eigenvalue weighted by Gasteiger charge is -2.23. The smallest absolute Gasteiger partial charge is 0.0716 e. The van der Waals surface area contributed by atoms with Gasteiger partial charge in [-0.25, -0.2) is 0 Å². The van der Waals surface area contributed by atoms with Crippen molar-refractivity contribution in [3.63, 3.8) is 0 Å². The van der Waals surface area contributed by atoms with Crippen LogP contribution < -0.4 is 5.73 Å². The maximum absolute atomic E-state index is 5.68. The number of benzene rings is 1. The molecule has 0 radical (unpaired) electrons. The van der Waals surface area contributed by atoms with E-state index in [1.807, 2.05) is 24.3 Å². The van der Waals surface area contributed by atoms with Crippen molar-refractivity contribution in [3.05, 3.63) is 48.6 Å². The Morgan fingerprint density at radius 1 is 1.38 bits per heavy atom. The average molecular weight is 219 g/mol. The van der Waals surface area contributed by atoms with Crippen molar-refractivity contribution in [2.75, 3.05) is 13.2 Å². The first kappa shape index (κ1) is 12.9. The number of ether oxygens (including phenoxy) is 1. The minimum Gasteiger partial charge on any atom is -0.377 e. The van der Waals surface area contributed by atoms with E-state index in [-0.39, 0.29) is 5.41 Å². The second-order valence-corrected chi connectivity index (χ2v) is 4.35. The summed E-state index contributed by atoms with van der Waals surface area (Å²) in [4.78, 5) is 0. The Kier molecular flexibility index (Phi) is 5.23. The molecule has 16 heavy (non-hydrogen) atoms. The Morgan fingerprint density at radius 2 is 2.06 bits per heavy atom. The first-order chi connectivity index (χ1) is 7.70. The van der Waals surface area contributed by atoms with Gasteiger partial charge in [0.2, 0.25) is 0 Å². The minimum atomic E-state index is -0.00329. The summed E-state index contributed by atoms with van der Waals surface area (Å²) in [6.45, 7) is 7.91. The van der Waals surface area contributed by atoms with Crippen LogP contribution in [0.2, 0.25) is 0 Å². The van der Waals surface area contributed by atoms with E-state index in [0.29, 0.717) is 19.8 Å². The summed E-state index contributed by atoms with van der Waals surface area (Å²) in [7, 11) is 0. The standard InChI is InChI=1S/C14H21NO/c1-3-14(2,12-15)9-10-16-11-13-7-5-4-6-8-13/h3-8H,1,9-12,15H2,2H3. The number of hydrogen-bond acceptors (Lipinski definition) is 2. The molecule has 1 unspecified atom stereocenters. The van der Waals surface area contributed by atoms with Crippen molar-refractivity contribution < 1.29 is 4.74 Å². The van der Waals surface area contributed by atoms with Crippen LogP contribution in [0.25, 0.3) is 0 Å². The zero-order valence-corrected chi connectivity index (χ0v) is 9.99. The van der Waals surface area contributed by atoms with E-state index in [1.54, 1.807) is 0 Å². The number of hydrogen-bond donors (Lipinski definition) is 1. The van der Waals surface area contributed by atoms with Crippen molar-refractivity contribution >= 4 is 0 Å². The molecule has 1 aromatic carbocycles. The van der Waals surface area contributed by atoms with Crippen LogP contribution in [0.3, 0.4) is 0 Å². The number of rotatable bonds is 7. The largest absolute Gasteiger partial charge is 0.377 e. The molecule has 1 atom stereocenters. The van der Waals surface area contributed by atoms with Gasteiger partial charge in [-0.05, 0) is 17.4 Å². The maximum Gasteiger partial charge on any atom is 0.0716 e. The van der Waals surface area contributed by atoms with Crippen molar-refractivity contribution in [3.8, 4) is 0 Å². The lowest BCUT2D eigenvalue weighted by Crippen LogP contribution is -2.26. The Hall–Kier alpha value is -1.12. The molecule has 0 heterocycles. The van der Waals surface area contributed by atoms with Crippen molar-refractivity contribution in [2.45, 2.75) is 20.0 Å². The summed E-state index contributed by atoms with van der Waals surface area (Å²) in [5.41, 5.74) is 6.89. The molecule has 2 heteroatoms. The highest BCUT2D eigenvalue weighted by atomic mass is 16.5. The molecule has 1 rings (SSSR count). The van der Waals surface area contributed by atoms with E-state index >= 15 is 0 Å². The Bertz CT molecular complexity index is 310. The fourth-order valence-corrected chi connectivity index (χ4v) is 1.36. The Morgan fingerprint density at radius 3 is 2.62 bits per heavy atom. The average Bonchev–Trinajstić information content (AvgIpc) is 2.36. The van der Waals surface area contributed by atoms with Gasteiger partial charge in [-0.2, -0.15) is 0 Å². The van der Waals surface area contributed by atoms with Gasteiger partial charge in [-0.3, -0.25) is 0 Å². The van der Waals surface area contributed by atoms with Gasteiger partial charge in [0.25, 0.3) is 0 Å². The van der Waals surface area contributed by atoms with Gasteiger partial charge in [0.15, 0.2) is 0 Å². The topological polar surface area (TPSA) is 35.2 Å². The van der Waals surface area contributed by atoms with Crippen molar-refractivity contribution in [1.29, 1.82) is 0 Å². The molecule has 0 aromatic heterocycles. The molecule has 2 nitrogen and oxygen atoms in total. The van der Waals surface area contributed by atoms with Crippen molar-refractivity contribution in [1.82, 2.24) is 0 Å². The second-order valence-electron chi connectivity index (χ2n) is 4.35. The van der Waals surface area contributed by atoms with Crippen molar-refractivity contribution in [2.24, 2.45) is 11.1 Å². The van der Waals surface area contributed by atoms with Crippen LogP contribution >= 0.6 is 0 Å². The molecule has 1 aromatic rings. The quantitative estimate of drug-likeness (QED) is 0.565. The van der Waals surface area contributed by atoms with E-state index in [0.717, 1.165) is 6.42 Å². The summed E-state index contributed by atoms with van der Waals surface area (Å²) in [6.07, 6.45) is 2.83. The highest BCUT2D eigenvalue weighted by Gasteiger charge is 2.17. The molecular weight excluding hydrogens is 198 g/mol. The lowest BCUT2D eigenvalue weighted by molar-refractivity contribution is 0.0996. The monoisotopic (exact) mass is 219 g/mol. The van der Waals surface area contributed by atoms with Gasteiger partial charge in [0.1, 0.15) is 0 Å². The van der Waals surface area contributed by atoms with Crippen LogP contribution in [0.1, 0.15) is 18.9 Å². The molecule has 0 amide bonds. The molecular formula is C14H21NO. The first-order valence-corrected chi connectivity index (χ1v) is 5.65. The van der Waals surface area contributed by atoms with Crippen LogP contribution in [0.5, 0.6) is 0 Å². The van der Waals surface area contributed by atoms with Gasteiger partial charge in [0, 0.05) is 13.2 Å². The molecule has 0 fully saturated rings. The maximum atomic E-state index is 5.68. The molecule has 0 aliphatic carbocycles. The predicted octanol–water partition coefficient (Wildman–Crippen LogP) is 2.74. The molecule has 0 spiro atoms. The Labute approximate surface area is 98.1 Å². The molecule has 0 aliphatic rings. The minimum absolute atomic E-state index is 0.00329. The second kappa shape index (κ2) is 6.46. The highest BCUT2D eigenvalue weighted by Crippen LogP contribution is 2.20. The summed E-state index contributed by atoms with van der Waals surface area (Å²) in [5, 5.41) is 0. The third kappa shape index (κ3) is 4.17. The zero-order chi connectivity index (χ0) is 11.9. The molecule has 0 saturated carbocycles. The SMILES string of the molecule is C=CC(C)(CN)CCOCc1ccccc1. The summed E-state index contributed by atoms with van der Waals surface area (Å²) >= 11 is 0. The first-order valence-electron chi connectivity index (χ1n) is 5.65. The fourth-order valence-electron chi connectivity index (χ4n) is 1.36. The molecule has 0 saturated heterocycles. The Balaban J connectivity index is 2.24. The van der Waals surface area contributed by atoms with Gasteiger partial charge >= 0.3 is 0 Å². The molecule has 2 N–H and O–H groups in total. The van der Waals surface area contributed by atoms with Gasteiger partial charge < -0.3 is 10.5 Å². The third-order valence-electron chi connectivity index (χ3n) is 2.89. The van der Waals surface area contributed by atoms with Gasteiger partial charge in [-0.1, -0.05) is 43.3 Å². The molecule has 0 bridgehead atoms. The van der Waals surface area contributed by atoms with Crippen LogP contribution in [-0.4, -0.2) is 13.2 Å². The lowest BCUT2D eigenvalue weighted by atomic mass is 9.88. The summed E-state index contributed by atoms with van der Waals surface area (Å²) < 4.78 is 5.62. The summed E-state index contributed by atoms with van der Waals surface area (Å²) in [6, 6.07) is 10.2. The van der Waals surface area contributed by atoms with Crippen LogP contribution in [0.4, 0.5) is 0 Å². The third-order valence-corrected chi connectivity index (χ3v) is 2.89. The van der Waals surface area contributed by atoms with Crippen LogP contribution in [0, 0.1) is 5.41 Å². The van der Waals surface area contributed by atoms with E-state index in [1.165, 1.54) is 5.56 Å². The van der Waals surface area contributed by atoms with E-state index in [9.17, 15) is 0 Å². The highest BCUT2D eigenvalue weighted by molar-refractivity contribution is 5.13. The van der Waals surface area contributed by atoms with Crippen LogP contribution in [-0.2, 0) is 11.3 Å². The van der Waals surface area contributed by atoms with Gasteiger partial charge in [0.05, 0.1) is 6.61 Å². The molecule has 88 valence electrons.